The second-order valence-corrected chi connectivity index (χ2v) is 2.56. The third-order valence-corrected chi connectivity index (χ3v) is 1.83. The van der Waals surface area contributed by atoms with Gasteiger partial charge in [-0.15, -0.1) is 0 Å². The van der Waals surface area contributed by atoms with Gasteiger partial charge in [-0.3, -0.25) is 0 Å². The smallest absolute Gasteiger partial charge is 0.0448 e. The van der Waals surface area contributed by atoms with Crippen molar-refractivity contribution in [2.45, 2.75) is 20.8 Å². The summed E-state index contributed by atoms with van der Waals surface area (Å²) in [6.07, 6.45) is 6.24. The summed E-state index contributed by atoms with van der Waals surface area (Å²) in [5, 5.41) is 5.71. The van der Waals surface area contributed by atoms with Crippen LogP contribution in [0.1, 0.15) is 19.4 Å². The van der Waals surface area contributed by atoms with Crippen LogP contribution in [0.3, 0.4) is 0 Å². The molecule has 0 saturated heterocycles. The molecule has 0 radical (unpaired) electrons. The predicted octanol–water partition coefficient (Wildman–Crippen LogP) is 0.471. The molecule has 2 heteroatoms. The second kappa shape index (κ2) is 4.00. The molecular formula is C10H16N2. The molecule has 0 bridgehead atoms. The molecule has 0 atom stereocenters. The van der Waals surface area contributed by atoms with Crippen molar-refractivity contribution < 1.29 is 0 Å². The van der Waals surface area contributed by atoms with Crippen molar-refractivity contribution in [2.24, 2.45) is 0 Å². The van der Waals surface area contributed by atoms with Crippen molar-refractivity contribution in [1.29, 1.82) is 0 Å². The maximum Gasteiger partial charge on any atom is 0.0448 e. The van der Waals surface area contributed by atoms with Crippen molar-refractivity contribution in [2.75, 3.05) is 6.54 Å². The van der Waals surface area contributed by atoms with E-state index in [1.807, 2.05) is 20.0 Å². The number of aryl methyl sites for hydroxylation is 1. The fraction of sp³-hybridized carbons (Fsp3) is 0.400. The highest BCUT2D eigenvalue weighted by molar-refractivity contribution is 5.38. The highest BCUT2D eigenvalue weighted by Gasteiger charge is 1.95. The minimum atomic E-state index is 0.937. The molecule has 1 aromatic rings. The number of aromatic nitrogens is 1. The Morgan fingerprint density at radius 3 is 2.75 bits per heavy atom. The summed E-state index contributed by atoms with van der Waals surface area (Å²) in [6.45, 7) is 7.04. The van der Waals surface area contributed by atoms with E-state index in [1.54, 1.807) is 0 Å². The normalized spacial score (nSPS) is 12.6. The molecule has 2 rings (SSSR count). The van der Waals surface area contributed by atoms with Crippen LogP contribution in [-0.2, 0) is 0 Å². The Labute approximate surface area is 73.0 Å². The van der Waals surface area contributed by atoms with Gasteiger partial charge in [-0.05, 0) is 18.6 Å². The highest BCUT2D eigenvalue weighted by Crippen LogP contribution is 1.81. The number of H-pyrrole nitrogens is 1. The van der Waals surface area contributed by atoms with E-state index in [9.17, 15) is 0 Å². The van der Waals surface area contributed by atoms with E-state index in [1.165, 1.54) is 16.1 Å². The van der Waals surface area contributed by atoms with E-state index < -0.39 is 0 Å². The topological polar surface area (TPSA) is 27.8 Å². The van der Waals surface area contributed by atoms with Crippen molar-refractivity contribution in [3.63, 3.8) is 0 Å². The third-order valence-electron chi connectivity index (χ3n) is 1.83. The molecule has 2 N–H and O–H groups in total. The van der Waals surface area contributed by atoms with Crippen LogP contribution in [0.25, 0.3) is 12.3 Å². The molecule has 0 unspecified atom stereocenters. The van der Waals surface area contributed by atoms with Crippen LogP contribution in [0.15, 0.2) is 6.20 Å². The zero-order valence-electron chi connectivity index (χ0n) is 7.94. The minimum Gasteiger partial charge on any atom is -0.387 e. The zero-order valence-corrected chi connectivity index (χ0v) is 7.94. The first-order valence-electron chi connectivity index (χ1n) is 4.46. The van der Waals surface area contributed by atoms with Gasteiger partial charge in [0, 0.05) is 29.5 Å². The number of rotatable bonds is 0. The molecular weight excluding hydrogens is 148 g/mol. The largest absolute Gasteiger partial charge is 0.387 e. The summed E-state index contributed by atoms with van der Waals surface area (Å²) in [7, 11) is 0. The SMILES string of the molecule is CC.Cc1c[nH]c2c1=CNCC=2. The minimum absolute atomic E-state index is 0.937. The van der Waals surface area contributed by atoms with Gasteiger partial charge in [-0.2, -0.15) is 0 Å². The number of fused-ring (bicyclic) bond motifs is 1. The monoisotopic (exact) mass is 164 g/mol. The summed E-state index contributed by atoms with van der Waals surface area (Å²) in [5.74, 6) is 0. The highest BCUT2D eigenvalue weighted by atomic mass is 14.8. The van der Waals surface area contributed by atoms with Gasteiger partial charge in [0.2, 0.25) is 0 Å². The Morgan fingerprint density at radius 2 is 2.08 bits per heavy atom. The fourth-order valence-corrected chi connectivity index (χ4v) is 1.24. The summed E-state index contributed by atoms with van der Waals surface area (Å²) >= 11 is 0. The molecule has 0 saturated carbocycles. The number of hydrogen-bond acceptors (Lipinski definition) is 1. The first-order valence-corrected chi connectivity index (χ1v) is 4.46. The lowest BCUT2D eigenvalue weighted by atomic mass is 10.2. The van der Waals surface area contributed by atoms with Crippen LogP contribution in [0.4, 0.5) is 0 Å². The van der Waals surface area contributed by atoms with E-state index in [-0.39, 0.29) is 0 Å². The lowest BCUT2D eigenvalue weighted by molar-refractivity contribution is 1.04. The van der Waals surface area contributed by atoms with Gasteiger partial charge < -0.3 is 10.3 Å². The first-order chi connectivity index (χ1) is 5.88. The van der Waals surface area contributed by atoms with Gasteiger partial charge in [0.15, 0.2) is 0 Å². The fourth-order valence-electron chi connectivity index (χ4n) is 1.24. The van der Waals surface area contributed by atoms with E-state index in [4.69, 9.17) is 0 Å². The molecule has 1 aromatic heterocycles. The maximum absolute atomic E-state index is 3.20. The van der Waals surface area contributed by atoms with Crippen LogP contribution >= 0.6 is 0 Å². The van der Waals surface area contributed by atoms with Gasteiger partial charge >= 0.3 is 0 Å². The predicted molar refractivity (Wildman–Crippen MR) is 53.1 cm³/mol. The Balaban J connectivity index is 0.000000336. The molecule has 2 heterocycles. The van der Waals surface area contributed by atoms with Gasteiger partial charge in [0.05, 0.1) is 0 Å². The zero-order chi connectivity index (χ0) is 8.97. The molecule has 0 spiro atoms. The van der Waals surface area contributed by atoms with E-state index >= 15 is 0 Å². The number of aromatic amines is 1. The van der Waals surface area contributed by atoms with Crippen LogP contribution in [0, 0.1) is 6.92 Å². The van der Waals surface area contributed by atoms with Gasteiger partial charge in [-0.25, -0.2) is 0 Å². The van der Waals surface area contributed by atoms with Crippen molar-refractivity contribution in [1.82, 2.24) is 10.3 Å². The van der Waals surface area contributed by atoms with Crippen molar-refractivity contribution >= 4 is 12.3 Å². The van der Waals surface area contributed by atoms with Crippen molar-refractivity contribution in [3.05, 3.63) is 22.3 Å². The standard InChI is InChI=1S/C8H10N2.C2H6/c1-6-4-10-8-2-3-9-5-7(6)8;1-2/h2,4-5,9-10H,3H2,1H3;1-2H3. The Hall–Kier alpha value is -1.18. The number of nitrogens with one attached hydrogen (secondary N) is 2. The van der Waals surface area contributed by atoms with Crippen LogP contribution in [-0.4, -0.2) is 11.5 Å². The van der Waals surface area contributed by atoms with Crippen LogP contribution in [0.2, 0.25) is 0 Å². The number of hydrogen-bond donors (Lipinski definition) is 2. The summed E-state index contributed by atoms with van der Waals surface area (Å²) in [6, 6.07) is 0. The van der Waals surface area contributed by atoms with Gasteiger partial charge in [-0.1, -0.05) is 13.8 Å². The molecule has 1 aliphatic rings. The van der Waals surface area contributed by atoms with Crippen molar-refractivity contribution in [3.8, 4) is 0 Å². The van der Waals surface area contributed by atoms with E-state index in [2.05, 4.69) is 29.5 Å². The molecule has 0 amide bonds. The quantitative estimate of drug-likeness (QED) is 0.573. The molecule has 0 aliphatic carbocycles. The molecule has 12 heavy (non-hydrogen) atoms. The summed E-state index contributed by atoms with van der Waals surface area (Å²) < 4.78 is 0. The molecule has 0 aromatic carbocycles. The van der Waals surface area contributed by atoms with Gasteiger partial charge in [0.25, 0.3) is 0 Å². The molecule has 66 valence electrons. The Morgan fingerprint density at radius 1 is 1.33 bits per heavy atom. The van der Waals surface area contributed by atoms with Crippen LogP contribution < -0.4 is 15.9 Å². The average Bonchev–Trinajstić information content (AvgIpc) is 2.53. The first kappa shape index (κ1) is 8.91. The Bertz CT molecular complexity index is 346. The van der Waals surface area contributed by atoms with Crippen LogP contribution in [0.5, 0.6) is 0 Å². The maximum atomic E-state index is 3.20. The second-order valence-electron chi connectivity index (χ2n) is 2.56. The summed E-state index contributed by atoms with van der Waals surface area (Å²) in [4.78, 5) is 3.20. The molecule has 1 aliphatic heterocycles. The summed E-state index contributed by atoms with van der Waals surface area (Å²) in [5.41, 5.74) is 1.30. The average molecular weight is 164 g/mol. The van der Waals surface area contributed by atoms with E-state index in [0.717, 1.165) is 6.54 Å². The Kier molecular flexibility index (Phi) is 2.97. The lowest BCUT2D eigenvalue weighted by Gasteiger charge is -1.97. The molecule has 2 nitrogen and oxygen atoms in total. The van der Waals surface area contributed by atoms with Gasteiger partial charge in [0.1, 0.15) is 0 Å². The van der Waals surface area contributed by atoms with E-state index in [0.29, 0.717) is 0 Å². The lowest BCUT2D eigenvalue weighted by Crippen LogP contribution is -2.32. The molecule has 0 fully saturated rings. The third kappa shape index (κ3) is 1.52.